The Hall–Kier alpha value is -4.21. The molecule has 1 aliphatic heterocycles. The molecule has 0 aromatic heterocycles. The Labute approximate surface area is 233 Å². The quantitative estimate of drug-likeness (QED) is 0.182. The van der Waals surface area contributed by atoms with Crippen molar-refractivity contribution in [2.45, 2.75) is 19.8 Å². The monoisotopic (exact) mass is 569 g/mol. The summed E-state index contributed by atoms with van der Waals surface area (Å²) in [6, 6.07) is 15.9. The molecule has 11 heteroatoms. The molecule has 1 aliphatic rings. The van der Waals surface area contributed by atoms with Crippen LogP contribution in [0.5, 0.6) is 0 Å². The minimum atomic E-state index is -0.807. The van der Waals surface area contributed by atoms with E-state index in [4.69, 9.17) is 27.9 Å². The SMILES string of the molecule is CCCCOC(=O)c1ccc(NC(=O)c2cccc(NC3=C(Cl)C(=O)N(c4ccc(F)c(Cl)c4)C3=O)c2)cc1. The molecule has 3 amide bonds. The van der Waals surface area contributed by atoms with Crippen LogP contribution in [0, 0.1) is 5.82 Å². The van der Waals surface area contributed by atoms with Crippen molar-refractivity contribution in [3.05, 3.63) is 99.4 Å². The van der Waals surface area contributed by atoms with E-state index in [2.05, 4.69) is 10.6 Å². The lowest BCUT2D eigenvalue weighted by molar-refractivity contribution is -0.120. The van der Waals surface area contributed by atoms with Gasteiger partial charge < -0.3 is 15.4 Å². The normalized spacial score (nSPS) is 13.1. The average Bonchev–Trinajstić information content (AvgIpc) is 3.13. The van der Waals surface area contributed by atoms with Crippen LogP contribution in [0.4, 0.5) is 21.5 Å². The molecule has 0 saturated heterocycles. The van der Waals surface area contributed by atoms with Gasteiger partial charge in [0.15, 0.2) is 0 Å². The minimum absolute atomic E-state index is 0.0553. The first-order valence-corrected chi connectivity index (χ1v) is 12.6. The Kier molecular flexibility index (Phi) is 8.63. The summed E-state index contributed by atoms with van der Waals surface area (Å²) in [6.07, 6.45) is 1.70. The van der Waals surface area contributed by atoms with E-state index in [0.717, 1.165) is 29.9 Å². The van der Waals surface area contributed by atoms with E-state index < -0.39 is 29.5 Å². The number of hydrogen-bond acceptors (Lipinski definition) is 6. The topological polar surface area (TPSA) is 105 Å². The zero-order valence-corrected chi connectivity index (χ0v) is 22.1. The van der Waals surface area contributed by atoms with Crippen LogP contribution in [0.25, 0.3) is 0 Å². The number of carbonyl (C=O) groups excluding carboxylic acids is 4. The van der Waals surface area contributed by atoms with Crippen molar-refractivity contribution in [3.8, 4) is 0 Å². The fraction of sp³-hybridized carbons (Fsp3) is 0.143. The maximum atomic E-state index is 13.5. The first-order valence-electron chi connectivity index (χ1n) is 11.9. The van der Waals surface area contributed by atoms with Crippen molar-refractivity contribution in [1.29, 1.82) is 0 Å². The van der Waals surface area contributed by atoms with Crippen molar-refractivity contribution in [2.75, 3.05) is 22.1 Å². The Balaban J connectivity index is 1.44. The fourth-order valence-electron chi connectivity index (χ4n) is 3.64. The van der Waals surface area contributed by atoms with E-state index >= 15 is 0 Å². The lowest BCUT2D eigenvalue weighted by Gasteiger charge is -2.15. The van der Waals surface area contributed by atoms with Crippen molar-refractivity contribution in [2.24, 2.45) is 0 Å². The van der Waals surface area contributed by atoms with E-state index in [-0.39, 0.29) is 27.0 Å². The average molecular weight is 570 g/mol. The molecular formula is C28H22Cl2FN3O5. The van der Waals surface area contributed by atoms with Crippen LogP contribution >= 0.6 is 23.2 Å². The summed E-state index contributed by atoms with van der Waals surface area (Å²) in [5.41, 5.74) is 1.24. The number of esters is 1. The van der Waals surface area contributed by atoms with Crippen LogP contribution in [0.3, 0.4) is 0 Å². The van der Waals surface area contributed by atoms with E-state index in [9.17, 15) is 23.6 Å². The van der Waals surface area contributed by atoms with Gasteiger partial charge in [0.1, 0.15) is 16.5 Å². The van der Waals surface area contributed by atoms with E-state index in [1.165, 1.54) is 12.1 Å². The molecule has 0 atom stereocenters. The summed E-state index contributed by atoms with van der Waals surface area (Å²) in [6.45, 7) is 2.34. The molecule has 4 rings (SSSR count). The van der Waals surface area contributed by atoms with Gasteiger partial charge in [-0.3, -0.25) is 14.4 Å². The molecule has 0 unspecified atom stereocenters. The van der Waals surface area contributed by atoms with E-state index in [0.29, 0.717) is 23.5 Å². The molecule has 0 bridgehead atoms. The van der Waals surface area contributed by atoms with Gasteiger partial charge in [-0.25, -0.2) is 14.1 Å². The zero-order valence-electron chi connectivity index (χ0n) is 20.6. The summed E-state index contributed by atoms with van der Waals surface area (Å²) in [7, 11) is 0. The molecule has 1 heterocycles. The molecular weight excluding hydrogens is 548 g/mol. The van der Waals surface area contributed by atoms with Gasteiger partial charge in [-0.15, -0.1) is 0 Å². The van der Waals surface area contributed by atoms with Gasteiger partial charge in [-0.1, -0.05) is 42.6 Å². The number of rotatable bonds is 9. The lowest BCUT2D eigenvalue weighted by atomic mass is 10.1. The molecule has 3 aromatic rings. The predicted octanol–water partition coefficient (Wildman–Crippen LogP) is 6.12. The Bertz CT molecular complexity index is 1490. The first kappa shape index (κ1) is 27.8. The highest BCUT2D eigenvalue weighted by molar-refractivity contribution is 6.53. The number of benzene rings is 3. The number of nitrogens with one attached hydrogen (secondary N) is 2. The molecule has 39 heavy (non-hydrogen) atoms. The zero-order chi connectivity index (χ0) is 28.1. The third-order valence-electron chi connectivity index (χ3n) is 5.69. The Morgan fingerprint density at radius 3 is 2.36 bits per heavy atom. The number of nitrogens with zero attached hydrogens (tertiary/aromatic N) is 1. The molecule has 3 aromatic carbocycles. The maximum Gasteiger partial charge on any atom is 0.338 e. The van der Waals surface area contributed by atoms with Crippen molar-refractivity contribution in [1.82, 2.24) is 0 Å². The highest BCUT2D eigenvalue weighted by Crippen LogP contribution is 2.32. The van der Waals surface area contributed by atoms with Crippen LogP contribution in [-0.2, 0) is 14.3 Å². The molecule has 0 fully saturated rings. The number of imide groups is 1. The Morgan fingerprint density at radius 1 is 0.923 bits per heavy atom. The largest absolute Gasteiger partial charge is 0.462 e. The second kappa shape index (κ2) is 12.1. The molecule has 2 N–H and O–H groups in total. The number of halogens is 3. The second-order valence-corrected chi connectivity index (χ2v) is 9.25. The molecule has 0 spiro atoms. The van der Waals surface area contributed by atoms with Gasteiger partial charge in [0.05, 0.1) is 22.9 Å². The second-order valence-electron chi connectivity index (χ2n) is 8.46. The molecule has 0 radical (unpaired) electrons. The molecule has 200 valence electrons. The number of hydrogen-bond donors (Lipinski definition) is 2. The number of amides is 3. The van der Waals surface area contributed by atoms with Crippen molar-refractivity contribution < 1.29 is 28.3 Å². The van der Waals surface area contributed by atoms with E-state index in [1.807, 2.05) is 6.92 Å². The first-order chi connectivity index (χ1) is 18.7. The smallest absolute Gasteiger partial charge is 0.338 e. The Morgan fingerprint density at radius 2 is 1.67 bits per heavy atom. The van der Waals surface area contributed by atoms with Gasteiger partial charge in [0.2, 0.25) is 0 Å². The predicted molar refractivity (Wildman–Crippen MR) is 146 cm³/mol. The van der Waals surface area contributed by atoms with Crippen LogP contribution < -0.4 is 15.5 Å². The van der Waals surface area contributed by atoms with Crippen LogP contribution in [-0.4, -0.2) is 30.3 Å². The van der Waals surface area contributed by atoms with Crippen molar-refractivity contribution >= 4 is 64.0 Å². The third-order valence-corrected chi connectivity index (χ3v) is 6.33. The highest BCUT2D eigenvalue weighted by Gasteiger charge is 2.39. The number of unbranched alkanes of at least 4 members (excludes halogenated alkanes) is 1. The number of ether oxygens (including phenoxy) is 1. The summed E-state index contributed by atoms with van der Waals surface area (Å²) in [5.74, 6) is -3.16. The summed E-state index contributed by atoms with van der Waals surface area (Å²) < 4.78 is 18.7. The summed E-state index contributed by atoms with van der Waals surface area (Å²) in [5, 5.41) is 4.89. The van der Waals surface area contributed by atoms with Crippen LogP contribution in [0.2, 0.25) is 5.02 Å². The van der Waals surface area contributed by atoms with Gasteiger partial charge in [-0.05, 0) is 67.1 Å². The third kappa shape index (κ3) is 6.27. The minimum Gasteiger partial charge on any atom is -0.462 e. The molecule has 0 aliphatic carbocycles. The van der Waals surface area contributed by atoms with Crippen molar-refractivity contribution in [3.63, 3.8) is 0 Å². The number of carbonyl (C=O) groups is 4. The standard InChI is InChI=1S/C28H22Cl2FN3O5/c1-2-3-13-39-28(38)16-7-9-18(10-8-16)33-25(35)17-5-4-6-19(14-17)32-24-23(30)26(36)34(27(24)37)20-11-12-22(31)21(29)15-20/h4-12,14-15,32H,2-3,13H2,1H3,(H,33,35). The summed E-state index contributed by atoms with van der Waals surface area (Å²) in [4.78, 5) is 51.3. The maximum absolute atomic E-state index is 13.5. The van der Waals surface area contributed by atoms with Crippen LogP contribution in [0.1, 0.15) is 40.5 Å². The van der Waals surface area contributed by atoms with E-state index in [1.54, 1.807) is 42.5 Å². The summed E-state index contributed by atoms with van der Waals surface area (Å²) >= 11 is 12.0. The van der Waals surface area contributed by atoms with Gasteiger partial charge in [-0.2, -0.15) is 0 Å². The lowest BCUT2D eigenvalue weighted by Crippen LogP contribution is -2.32. The molecule has 8 nitrogen and oxygen atoms in total. The highest BCUT2D eigenvalue weighted by atomic mass is 35.5. The van der Waals surface area contributed by atoms with Gasteiger partial charge in [0.25, 0.3) is 17.7 Å². The fourth-order valence-corrected chi connectivity index (χ4v) is 4.03. The van der Waals surface area contributed by atoms with Gasteiger partial charge in [0, 0.05) is 16.9 Å². The molecule has 0 saturated carbocycles. The number of anilines is 3. The van der Waals surface area contributed by atoms with Gasteiger partial charge >= 0.3 is 5.97 Å². The van der Waals surface area contributed by atoms with Crippen LogP contribution in [0.15, 0.2) is 77.5 Å².